The molecule has 1 N–H and O–H groups in total. The zero-order valence-electron chi connectivity index (χ0n) is 6.53. The zero-order valence-corrected chi connectivity index (χ0v) is 8.69. The van der Waals surface area contributed by atoms with Crippen LogP contribution in [0.4, 0.5) is 4.39 Å². The summed E-state index contributed by atoms with van der Waals surface area (Å²) in [6, 6.07) is 0.469. The Bertz CT molecular complexity index is 78.0. The van der Waals surface area contributed by atoms with E-state index in [0.717, 1.165) is 4.43 Å². The Balaban J connectivity index is 3.40. The molecular formula is C7H15FIN. The topological polar surface area (TPSA) is 12.0 Å². The van der Waals surface area contributed by atoms with E-state index >= 15 is 0 Å². The van der Waals surface area contributed by atoms with Crippen LogP contribution >= 0.6 is 22.6 Å². The van der Waals surface area contributed by atoms with Crippen molar-refractivity contribution in [3.63, 3.8) is 0 Å². The van der Waals surface area contributed by atoms with Gasteiger partial charge in [-0.25, -0.2) is 4.39 Å². The fourth-order valence-electron chi connectivity index (χ4n) is 0.708. The van der Waals surface area contributed by atoms with Crippen molar-refractivity contribution >= 4 is 22.6 Å². The summed E-state index contributed by atoms with van der Waals surface area (Å²) >= 11 is 2.32. The first-order valence-electron chi connectivity index (χ1n) is 3.57. The highest BCUT2D eigenvalue weighted by atomic mass is 127. The summed E-state index contributed by atoms with van der Waals surface area (Å²) in [5.41, 5.74) is 0. The molecule has 0 bridgehead atoms. The lowest BCUT2D eigenvalue weighted by Crippen LogP contribution is -2.36. The van der Waals surface area contributed by atoms with Crippen molar-refractivity contribution in [3.05, 3.63) is 0 Å². The van der Waals surface area contributed by atoms with Crippen molar-refractivity contribution in [2.45, 2.75) is 19.9 Å². The maximum atomic E-state index is 11.7. The zero-order chi connectivity index (χ0) is 7.98. The fourth-order valence-corrected chi connectivity index (χ4v) is 2.04. The van der Waals surface area contributed by atoms with Gasteiger partial charge in [0, 0.05) is 17.0 Å². The van der Waals surface area contributed by atoms with Crippen molar-refractivity contribution in [3.8, 4) is 0 Å². The summed E-state index contributed by atoms with van der Waals surface area (Å²) in [7, 11) is 0. The first-order chi connectivity index (χ1) is 4.72. The van der Waals surface area contributed by atoms with Crippen molar-refractivity contribution in [1.82, 2.24) is 5.32 Å². The monoisotopic (exact) mass is 259 g/mol. The lowest BCUT2D eigenvalue weighted by atomic mass is 10.1. The van der Waals surface area contributed by atoms with Crippen LogP contribution in [0.25, 0.3) is 0 Å². The average molecular weight is 259 g/mol. The lowest BCUT2D eigenvalue weighted by molar-refractivity contribution is 0.395. The second-order valence-corrected chi connectivity index (χ2v) is 3.53. The Labute approximate surface area is 75.9 Å². The van der Waals surface area contributed by atoms with E-state index in [1.54, 1.807) is 0 Å². The third-order valence-electron chi connectivity index (χ3n) is 1.47. The van der Waals surface area contributed by atoms with Crippen molar-refractivity contribution in [2.24, 2.45) is 5.92 Å². The smallest absolute Gasteiger partial charge is 0.102 e. The molecule has 62 valence electrons. The molecule has 0 amide bonds. The predicted molar refractivity (Wildman–Crippen MR) is 51.5 cm³/mol. The molecule has 0 rings (SSSR count). The van der Waals surface area contributed by atoms with E-state index in [2.05, 4.69) is 41.8 Å². The minimum atomic E-state index is -0.264. The summed E-state index contributed by atoms with van der Waals surface area (Å²) in [6.07, 6.45) is 0. The van der Waals surface area contributed by atoms with Crippen LogP contribution in [0.1, 0.15) is 13.8 Å². The minimum absolute atomic E-state index is 0.264. The standard InChI is InChI=1S/C7H15FIN/c1-6(2)7(5-9)10-4-3-8/h6-7,10H,3-5H2,1-2H3. The van der Waals surface area contributed by atoms with E-state index in [0.29, 0.717) is 18.5 Å². The molecule has 0 aromatic heterocycles. The maximum absolute atomic E-state index is 11.7. The van der Waals surface area contributed by atoms with Crippen molar-refractivity contribution in [1.29, 1.82) is 0 Å². The molecule has 1 unspecified atom stereocenters. The molecule has 1 nitrogen and oxygen atoms in total. The number of halogens is 2. The Morgan fingerprint density at radius 1 is 1.50 bits per heavy atom. The van der Waals surface area contributed by atoms with E-state index in [4.69, 9.17) is 0 Å². The van der Waals surface area contributed by atoms with Crippen LogP contribution in [-0.2, 0) is 0 Å². The fraction of sp³-hybridized carbons (Fsp3) is 1.00. The number of hydrogen-bond donors (Lipinski definition) is 1. The van der Waals surface area contributed by atoms with Gasteiger partial charge in [-0.2, -0.15) is 0 Å². The Hall–Kier alpha value is 0.620. The van der Waals surface area contributed by atoms with Gasteiger partial charge in [-0.15, -0.1) is 0 Å². The molecule has 0 spiro atoms. The SMILES string of the molecule is CC(C)C(CI)NCCF. The number of nitrogens with one attached hydrogen (secondary N) is 1. The van der Waals surface area contributed by atoms with Crippen LogP contribution in [0, 0.1) is 5.92 Å². The van der Waals surface area contributed by atoms with E-state index in [1.165, 1.54) is 0 Å². The number of rotatable bonds is 5. The molecular weight excluding hydrogens is 244 g/mol. The van der Waals surface area contributed by atoms with Crippen LogP contribution < -0.4 is 5.32 Å². The highest BCUT2D eigenvalue weighted by Gasteiger charge is 2.09. The van der Waals surface area contributed by atoms with Gasteiger partial charge >= 0.3 is 0 Å². The first-order valence-corrected chi connectivity index (χ1v) is 5.10. The molecule has 0 aliphatic carbocycles. The Morgan fingerprint density at radius 3 is 2.40 bits per heavy atom. The van der Waals surface area contributed by atoms with Crippen LogP contribution in [-0.4, -0.2) is 23.7 Å². The van der Waals surface area contributed by atoms with Gasteiger partial charge in [-0.05, 0) is 5.92 Å². The molecule has 10 heavy (non-hydrogen) atoms. The molecule has 0 saturated carbocycles. The summed E-state index contributed by atoms with van der Waals surface area (Å²) in [5, 5.41) is 3.14. The van der Waals surface area contributed by atoms with Gasteiger partial charge < -0.3 is 5.32 Å². The second-order valence-electron chi connectivity index (χ2n) is 2.65. The van der Waals surface area contributed by atoms with E-state index < -0.39 is 0 Å². The van der Waals surface area contributed by atoms with E-state index in [-0.39, 0.29) is 6.67 Å². The summed E-state index contributed by atoms with van der Waals surface area (Å²) in [6.45, 7) is 4.52. The summed E-state index contributed by atoms with van der Waals surface area (Å²) in [5.74, 6) is 0.600. The Morgan fingerprint density at radius 2 is 2.10 bits per heavy atom. The van der Waals surface area contributed by atoms with Crippen LogP contribution in [0.3, 0.4) is 0 Å². The molecule has 0 heterocycles. The number of alkyl halides is 2. The molecule has 0 aliphatic rings. The van der Waals surface area contributed by atoms with Crippen LogP contribution in [0.15, 0.2) is 0 Å². The van der Waals surface area contributed by atoms with E-state index in [1.807, 2.05) is 0 Å². The van der Waals surface area contributed by atoms with Gasteiger partial charge in [-0.1, -0.05) is 36.4 Å². The van der Waals surface area contributed by atoms with Gasteiger partial charge in [0.15, 0.2) is 0 Å². The molecule has 0 fully saturated rings. The van der Waals surface area contributed by atoms with Gasteiger partial charge in [0.2, 0.25) is 0 Å². The first kappa shape index (κ1) is 10.6. The lowest BCUT2D eigenvalue weighted by Gasteiger charge is -2.18. The third-order valence-corrected chi connectivity index (χ3v) is 2.42. The highest BCUT2D eigenvalue weighted by Crippen LogP contribution is 2.04. The van der Waals surface area contributed by atoms with Crippen molar-refractivity contribution in [2.75, 3.05) is 17.6 Å². The van der Waals surface area contributed by atoms with Crippen molar-refractivity contribution < 1.29 is 4.39 Å². The van der Waals surface area contributed by atoms with Gasteiger partial charge in [0.25, 0.3) is 0 Å². The quantitative estimate of drug-likeness (QED) is 0.588. The normalized spacial score (nSPS) is 14.1. The van der Waals surface area contributed by atoms with Gasteiger partial charge in [0.1, 0.15) is 6.67 Å². The molecule has 0 radical (unpaired) electrons. The molecule has 3 heteroatoms. The molecule has 1 atom stereocenters. The predicted octanol–water partition coefficient (Wildman–Crippen LogP) is 2.01. The van der Waals surface area contributed by atoms with Gasteiger partial charge in [-0.3, -0.25) is 0 Å². The second kappa shape index (κ2) is 6.34. The summed E-state index contributed by atoms with van der Waals surface area (Å²) in [4.78, 5) is 0. The minimum Gasteiger partial charge on any atom is -0.310 e. The molecule has 0 aromatic carbocycles. The van der Waals surface area contributed by atoms with Crippen LogP contribution in [0.2, 0.25) is 0 Å². The summed E-state index contributed by atoms with van der Waals surface area (Å²) < 4.78 is 12.7. The highest BCUT2D eigenvalue weighted by molar-refractivity contribution is 14.1. The molecule has 0 aliphatic heterocycles. The Kier molecular flexibility index (Phi) is 6.73. The van der Waals surface area contributed by atoms with E-state index in [9.17, 15) is 4.39 Å². The van der Waals surface area contributed by atoms with Crippen LogP contribution in [0.5, 0.6) is 0 Å². The molecule has 0 aromatic rings. The maximum Gasteiger partial charge on any atom is 0.102 e. The van der Waals surface area contributed by atoms with Gasteiger partial charge in [0.05, 0.1) is 0 Å². The third kappa shape index (κ3) is 4.44. The number of hydrogen-bond acceptors (Lipinski definition) is 1. The molecule has 0 saturated heterocycles. The average Bonchev–Trinajstić information content (AvgIpc) is 1.89. The largest absolute Gasteiger partial charge is 0.310 e.